The van der Waals surface area contributed by atoms with Crippen molar-refractivity contribution in [3.8, 4) is 5.75 Å². The number of thiophene rings is 1. The Balaban J connectivity index is 2.00. The third-order valence-electron chi connectivity index (χ3n) is 4.12. The van der Waals surface area contributed by atoms with Crippen LogP contribution in [-0.2, 0) is 12.2 Å². The minimum Gasteiger partial charge on any atom is -0.496 e. The van der Waals surface area contributed by atoms with Crippen LogP contribution in [0, 0.1) is 13.8 Å². The van der Waals surface area contributed by atoms with Crippen LogP contribution in [-0.4, -0.2) is 18.0 Å². The lowest BCUT2D eigenvalue weighted by molar-refractivity contribution is 0.218. The van der Waals surface area contributed by atoms with E-state index in [-0.39, 0.29) is 0 Å². The minimum absolute atomic E-state index is 0.597. The molecule has 0 saturated heterocycles. The van der Waals surface area contributed by atoms with Crippen LogP contribution in [0.5, 0.6) is 5.75 Å². The fourth-order valence-corrected chi connectivity index (χ4v) is 5.14. The zero-order valence-electron chi connectivity index (χ0n) is 12.6. The first-order valence-corrected chi connectivity index (χ1v) is 9.10. The first-order chi connectivity index (χ1) is 10.1. The summed E-state index contributed by atoms with van der Waals surface area (Å²) in [5.74, 6) is 3.07. The molecule has 0 bridgehead atoms. The maximum atomic E-state index is 10.8. The molecule has 2 heterocycles. The Hall–Kier alpha value is -0.970. The third-order valence-corrected chi connectivity index (χ3v) is 6.42. The normalized spacial score (nSPS) is 15.6. The number of methoxy groups -OCH3 is 1. The lowest BCUT2D eigenvalue weighted by Gasteiger charge is -2.17. The summed E-state index contributed by atoms with van der Waals surface area (Å²) < 4.78 is 5.54. The third kappa shape index (κ3) is 2.72. The number of aliphatic hydroxyl groups is 1. The molecule has 4 heteroatoms. The van der Waals surface area contributed by atoms with Crippen LogP contribution < -0.4 is 4.74 Å². The fourth-order valence-electron chi connectivity index (χ4n) is 2.76. The first-order valence-electron chi connectivity index (χ1n) is 7.13. The Bertz CT molecular complexity index is 638. The summed E-state index contributed by atoms with van der Waals surface area (Å²) in [7, 11) is 1.67. The number of hydrogen-bond acceptors (Lipinski definition) is 4. The van der Waals surface area contributed by atoms with E-state index in [0.717, 1.165) is 33.9 Å². The second-order valence-electron chi connectivity index (χ2n) is 5.43. The van der Waals surface area contributed by atoms with Crippen molar-refractivity contribution in [2.24, 2.45) is 0 Å². The molecule has 0 amide bonds. The average Bonchev–Trinajstić information content (AvgIpc) is 2.93. The van der Waals surface area contributed by atoms with Gasteiger partial charge in [-0.3, -0.25) is 0 Å². The van der Waals surface area contributed by atoms with Gasteiger partial charge in [-0.2, -0.15) is 11.8 Å². The molecule has 1 aliphatic rings. The molecule has 1 unspecified atom stereocenters. The summed E-state index contributed by atoms with van der Waals surface area (Å²) in [5, 5.41) is 10.8. The van der Waals surface area contributed by atoms with Crippen LogP contribution in [0.1, 0.15) is 38.1 Å². The molecular weight excluding hydrogens is 300 g/mol. The lowest BCUT2D eigenvalue weighted by atomic mass is 9.99. The Morgan fingerprint density at radius 1 is 1.29 bits per heavy atom. The molecule has 0 saturated carbocycles. The van der Waals surface area contributed by atoms with Gasteiger partial charge in [-0.05, 0) is 48.8 Å². The van der Waals surface area contributed by atoms with Gasteiger partial charge in [-0.1, -0.05) is 12.1 Å². The van der Waals surface area contributed by atoms with E-state index in [1.54, 1.807) is 18.4 Å². The number of ether oxygens (including phenoxy) is 1. The van der Waals surface area contributed by atoms with E-state index in [1.807, 2.05) is 24.8 Å². The number of aryl methyl sites for hydroxylation is 2. The first kappa shape index (κ1) is 14.9. The second-order valence-corrected chi connectivity index (χ2v) is 7.71. The van der Waals surface area contributed by atoms with Crippen LogP contribution in [0.2, 0.25) is 0 Å². The zero-order chi connectivity index (χ0) is 15.0. The average molecular weight is 320 g/mol. The molecule has 0 fully saturated rings. The van der Waals surface area contributed by atoms with Crippen LogP contribution in [0.25, 0.3) is 0 Å². The van der Waals surface area contributed by atoms with Crippen molar-refractivity contribution in [2.45, 2.75) is 32.1 Å². The van der Waals surface area contributed by atoms with Gasteiger partial charge in [0.1, 0.15) is 11.9 Å². The molecule has 112 valence electrons. The second kappa shape index (κ2) is 6.03. The van der Waals surface area contributed by atoms with Crippen molar-refractivity contribution in [2.75, 3.05) is 12.9 Å². The predicted octanol–water partition coefficient (Wildman–Crippen LogP) is 4.24. The quantitative estimate of drug-likeness (QED) is 0.917. The Kier molecular flexibility index (Phi) is 4.29. The van der Waals surface area contributed by atoms with Crippen molar-refractivity contribution < 1.29 is 9.84 Å². The molecule has 1 aromatic heterocycles. The van der Waals surface area contributed by atoms with Crippen LogP contribution in [0.15, 0.2) is 18.2 Å². The molecule has 0 radical (unpaired) electrons. The predicted molar refractivity (Wildman–Crippen MR) is 90.7 cm³/mol. The summed E-state index contributed by atoms with van der Waals surface area (Å²) in [6, 6.07) is 6.21. The lowest BCUT2D eigenvalue weighted by Crippen LogP contribution is -2.03. The van der Waals surface area contributed by atoms with Crippen LogP contribution in [0.3, 0.4) is 0 Å². The molecule has 21 heavy (non-hydrogen) atoms. The highest BCUT2D eigenvalue weighted by Crippen LogP contribution is 2.40. The topological polar surface area (TPSA) is 29.5 Å². The number of thioether (sulfide) groups is 1. The summed E-state index contributed by atoms with van der Waals surface area (Å²) in [6.07, 6.45) is 0.529. The van der Waals surface area contributed by atoms with Gasteiger partial charge in [-0.25, -0.2) is 0 Å². The van der Waals surface area contributed by atoms with Crippen molar-refractivity contribution >= 4 is 23.1 Å². The van der Waals surface area contributed by atoms with Crippen LogP contribution in [0.4, 0.5) is 0 Å². The largest absolute Gasteiger partial charge is 0.496 e. The summed E-state index contributed by atoms with van der Waals surface area (Å²) in [4.78, 5) is 2.47. The number of rotatable bonds is 3. The molecule has 2 nitrogen and oxygen atoms in total. The van der Waals surface area contributed by atoms with Gasteiger partial charge in [0.2, 0.25) is 0 Å². The summed E-state index contributed by atoms with van der Waals surface area (Å²) in [6.45, 7) is 4.11. The Morgan fingerprint density at radius 3 is 2.81 bits per heavy atom. The fraction of sp³-hybridized carbons (Fsp3) is 0.412. The molecule has 0 aliphatic carbocycles. The molecular formula is C17H20O2S2. The molecule has 1 aromatic carbocycles. The number of aliphatic hydroxyl groups excluding tert-OH is 1. The van der Waals surface area contributed by atoms with Crippen molar-refractivity contribution in [3.63, 3.8) is 0 Å². The summed E-state index contributed by atoms with van der Waals surface area (Å²) >= 11 is 3.72. The monoisotopic (exact) mass is 320 g/mol. The molecule has 3 rings (SSSR count). The number of hydrogen-bond donors (Lipinski definition) is 1. The molecule has 2 aromatic rings. The zero-order valence-corrected chi connectivity index (χ0v) is 14.2. The van der Waals surface area contributed by atoms with Gasteiger partial charge in [0.15, 0.2) is 0 Å². The smallest absolute Gasteiger partial charge is 0.128 e. The van der Waals surface area contributed by atoms with Gasteiger partial charge in [0.05, 0.1) is 7.11 Å². The van der Waals surface area contributed by atoms with E-state index in [4.69, 9.17) is 4.74 Å². The highest BCUT2D eigenvalue weighted by atomic mass is 32.2. The Labute approximate surface area is 134 Å². The van der Waals surface area contributed by atoms with Gasteiger partial charge in [0.25, 0.3) is 0 Å². The van der Waals surface area contributed by atoms with Gasteiger partial charge >= 0.3 is 0 Å². The number of fused-ring (bicyclic) bond motifs is 1. The van der Waals surface area contributed by atoms with Crippen molar-refractivity contribution in [1.82, 2.24) is 0 Å². The van der Waals surface area contributed by atoms with E-state index < -0.39 is 6.10 Å². The van der Waals surface area contributed by atoms with Crippen molar-refractivity contribution in [3.05, 3.63) is 50.2 Å². The molecule has 1 atom stereocenters. The molecule has 1 N–H and O–H groups in total. The van der Waals surface area contributed by atoms with E-state index in [1.165, 1.54) is 21.8 Å². The number of benzene rings is 1. The maximum Gasteiger partial charge on any atom is 0.128 e. The van der Waals surface area contributed by atoms with E-state index in [9.17, 15) is 5.11 Å². The van der Waals surface area contributed by atoms with E-state index in [2.05, 4.69) is 19.1 Å². The standard InChI is InChI=1S/C17H20O2S2/c1-10-4-5-13(17(19-3)11(10)2)16(18)15-8-12-9-20-7-6-14(12)21-15/h4-5,8,16,18H,6-7,9H2,1-3H3. The highest BCUT2D eigenvalue weighted by molar-refractivity contribution is 7.98. The molecule has 1 aliphatic heterocycles. The van der Waals surface area contributed by atoms with Crippen molar-refractivity contribution in [1.29, 1.82) is 0 Å². The minimum atomic E-state index is -0.597. The maximum absolute atomic E-state index is 10.8. The van der Waals surface area contributed by atoms with E-state index >= 15 is 0 Å². The van der Waals surface area contributed by atoms with Crippen LogP contribution >= 0.6 is 23.1 Å². The molecule has 0 spiro atoms. The highest BCUT2D eigenvalue weighted by Gasteiger charge is 2.22. The van der Waals surface area contributed by atoms with Gasteiger partial charge < -0.3 is 9.84 Å². The van der Waals surface area contributed by atoms with Gasteiger partial charge in [0, 0.05) is 21.1 Å². The van der Waals surface area contributed by atoms with Gasteiger partial charge in [-0.15, -0.1) is 11.3 Å². The summed E-state index contributed by atoms with van der Waals surface area (Å²) in [5.41, 5.74) is 4.55. The SMILES string of the molecule is COc1c(C(O)c2cc3c(s2)CCSC3)ccc(C)c1C. The van der Waals surface area contributed by atoms with E-state index in [0.29, 0.717) is 0 Å². The Morgan fingerprint density at radius 2 is 2.10 bits per heavy atom.